The minimum atomic E-state index is 0.482. The van der Waals surface area contributed by atoms with E-state index in [4.69, 9.17) is 27.9 Å². The Labute approximate surface area is 130 Å². The molecule has 0 aliphatic carbocycles. The lowest BCUT2D eigenvalue weighted by Crippen LogP contribution is -2.31. The summed E-state index contributed by atoms with van der Waals surface area (Å²) in [6, 6.07) is 11.7. The summed E-state index contributed by atoms with van der Waals surface area (Å²) in [5.74, 6) is 0.736. The van der Waals surface area contributed by atoms with Crippen molar-refractivity contribution in [3.63, 3.8) is 0 Å². The molecule has 2 aromatic carbocycles. The Hall–Kier alpha value is -0.900. The maximum atomic E-state index is 6.13. The lowest BCUT2D eigenvalue weighted by molar-refractivity contribution is 0.289. The van der Waals surface area contributed by atoms with Crippen molar-refractivity contribution in [3.8, 4) is 5.75 Å². The normalized spacial score (nSPS) is 13.9. The van der Waals surface area contributed by atoms with Crippen LogP contribution < -0.4 is 9.64 Å². The van der Waals surface area contributed by atoms with Crippen LogP contribution in [0.2, 0.25) is 10.0 Å². The van der Waals surface area contributed by atoms with E-state index < -0.39 is 0 Å². The average molecular weight is 359 g/mol. The highest BCUT2D eigenvalue weighted by atomic mass is 79.9. The third-order valence-electron chi connectivity index (χ3n) is 3.00. The summed E-state index contributed by atoms with van der Waals surface area (Å²) in [6.45, 7) is 1.22. The molecule has 2 aromatic rings. The molecule has 0 amide bonds. The zero-order valence-electron chi connectivity index (χ0n) is 9.87. The molecule has 1 aliphatic heterocycles. The standard InChI is InChI=1S/C14H10BrCl2NO/c15-10-1-3-12(4-2-10)18-7-9-5-11(16)6-13(17)14(9)19-8-18/h1-6H,7-8H2. The van der Waals surface area contributed by atoms with Gasteiger partial charge in [-0.15, -0.1) is 0 Å². The number of benzene rings is 2. The van der Waals surface area contributed by atoms with Gasteiger partial charge in [-0.3, -0.25) is 0 Å². The van der Waals surface area contributed by atoms with Crippen LogP contribution in [-0.2, 0) is 6.54 Å². The number of rotatable bonds is 1. The van der Waals surface area contributed by atoms with E-state index in [1.165, 1.54) is 0 Å². The Morgan fingerprint density at radius 2 is 1.84 bits per heavy atom. The van der Waals surface area contributed by atoms with Crippen LogP contribution in [0.15, 0.2) is 40.9 Å². The van der Waals surface area contributed by atoms with E-state index in [1.807, 2.05) is 30.3 Å². The van der Waals surface area contributed by atoms with Crippen LogP contribution in [0.1, 0.15) is 5.56 Å². The molecule has 1 heterocycles. The molecule has 0 radical (unpaired) electrons. The molecule has 0 unspecified atom stereocenters. The van der Waals surface area contributed by atoms with Gasteiger partial charge < -0.3 is 9.64 Å². The quantitative estimate of drug-likeness (QED) is 0.702. The van der Waals surface area contributed by atoms with Crippen molar-refractivity contribution in [2.45, 2.75) is 6.54 Å². The second kappa shape index (κ2) is 5.23. The predicted octanol–water partition coefficient (Wildman–Crippen LogP) is 5.11. The lowest BCUT2D eigenvalue weighted by atomic mass is 10.1. The van der Waals surface area contributed by atoms with E-state index in [2.05, 4.69) is 20.8 Å². The Kier molecular flexibility index (Phi) is 3.61. The zero-order valence-corrected chi connectivity index (χ0v) is 13.0. The van der Waals surface area contributed by atoms with Crippen LogP contribution in [0.5, 0.6) is 5.75 Å². The summed E-state index contributed by atoms with van der Waals surface area (Å²) in [7, 11) is 0. The van der Waals surface area contributed by atoms with Gasteiger partial charge in [0, 0.05) is 27.3 Å². The highest BCUT2D eigenvalue weighted by Crippen LogP contribution is 2.36. The first kappa shape index (κ1) is 13.1. The van der Waals surface area contributed by atoms with Crippen molar-refractivity contribution in [1.29, 1.82) is 0 Å². The molecule has 0 saturated carbocycles. The third kappa shape index (κ3) is 2.69. The van der Waals surface area contributed by atoms with Gasteiger partial charge in [0.25, 0.3) is 0 Å². The molecule has 3 rings (SSSR count). The highest BCUT2D eigenvalue weighted by molar-refractivity contribution is 9.10. The van der Waals surface area contributed by atoms with Gasteiger partial charge in [-0.05, 0) is 36.4 Å². The molecule has 0 atom stereocenters. The molecule has 0 saturated heterocycles. The predicted molar refractivity (Wildman–Crippen MR) is 82.3 cm³/mol. The highest BCUT2D eigenvalue weighted by Gasteiger charge is 2.20. The zero-order chi connectivity index (χ0) is 13.4. The van der Waals surface area contributed by atoms with Gasteiger partial charge in [-0.25, -0.2) is 0 Å². The summed E-state index contributed by atoms with van der Waals surface area (Å²) in [6.07, 6.45) is 0. The molecule has 19 heavy (non-hydrogen) atoms. The van der Waals surface area contributed by atoms with E-state index in [0.29, 0.717) is 16.8 Å². The number of fused-ring (bicyclic) bond motifs is 1. The van der Waals surface area contributed by atoms with Gasteiger partial charge in [0.15, 0.2) is 6.73 Å². The van der Waals surface area contributed by atoms with Crippen LogP contribution in [-0.4, -0.2) is 6.73 Å². The number of anilines is 1. The average Bonchev–Trinajstić information content (AvgIpc) is 2.38. The number of halogens is 3. The topological polar surface area (TPSA) is 12.5 Å². The molecule has 98 valence electrons. The first-order valence-corrected chi connectivity index (χ1v) is 7.29. The number of hydrogen-bond acceptors (Lipinski definition) is 2. The van der Waals surface area contributed by atoms with Crippen LogP contribution in [0, 0.1) is 0 Å². The van der Waals surface area contributed by atoms with Crippen molar-refractivity contribution in [2.75, 3.05) is 11.6 Å². The Morgan fingerprint density at radius 1 is 1.11 bits per heavy atom. The van der Waals surface area contributed by atoms with Crippen LogP contribution in [0.3, 0.4) is 0 Å². The van der Waals surface area contributed by atoms with E-state index in [-0.39, 0.29) is 0 Å². The lowest BCUT2D eigenvalue weighted by Gasteiger charge is -2.31. The summed E-state index contributed by atoms with van der Waals surface area (Å²) in [5, 5.41) is 1.20. The molecule has 0 aromatic heterocycles. The minimum absolute atomic E-state index is 0.482. The monoisotopic (exact) mass is 357 g/mol. The molecule has 0 bridgehead atoms. The summed E-state index contributed by atoms with van der Waals surface area (Å²) in [4.78, 5) is 2.13. The first-order valence-electron chi connectivity index (χ1n) is 5.75. The smallest absolute Gasteiger partial charge is 0.161 e. The van der Waals surface area contributed by atoms with Crippen LogP contribution in [0.4, 0.5) is 5.69 Å². The summed E-state index contributed by atoms with van der Waals surface area (Å²) < 4.78 is 6.79. The Morgan fingerprint density at radius 3 is 2.58 bits per heavy atom. The number of ether oxygens (including phenoxy) is 1. The molecule has 0 N–H and O–H groups in total. The third-order valence-corrected chi connectivity index (χ3v) is 4.03. The molecular formula is C14H10BrCl2NO. The fourth-order valence-corrected chi connectivity index (χ4v) is 2.96. The first-order chi connectivity index (χ1) is 9.13. The van der Waals surface area contributed by atoms with Gasteiger partial charge in [0.2, 0.25) is 0 Å². The molecule has 5 heteroatoms. The van der Waals surface area contributed by atoms with E-state index >= 15 is 0 Å². The summed E-state index contributed by atoms with van der Waals surface area (Å²) >= 11 is 15.6. The van der Waals surface area contributed by atoms with Gasteiger partial charge in [-0.1, -0.05) is 39.1 Å². The second-order valence-corrected chi connectivity index (χ2v) is 6.08. The Bertz CT molecular complexity index is 616. The number of nitrogens with zero attached hydrogens (tertiary/aromatic N) is 1. The minimum Gasteiger partial charge on any atom is -0.471 e. The van der Waals surface area contributed by atoms with Crippen molar-refractivity contribution in [1.82, 2.24) is 0 Å². The van der Waals surface area contributed by atoms with Crippen molar-refractivity contribution < 1.29 is 4.74 Å². The van der Waals surface area contributed by atoms with E-state index in [9.17, 15) is 0 Å². The van der Waals surface area contributed by atoms with Gasteiger partial charge >= 0.3 is 0 Å². The van der Waals surface area contributed by atoms with Gasteiger partial charge in [0.1, 0.15) is 5.75 Å². The van der Waals surface area contributed by atoms with Crippen molar-refractivity contribution in [2.24, 2.45) is 0 Å². The largest absolute Gasteiger partial charge is 0.471 e. The molecule has 0 fully saturated rings. The number of hydrogen-bond donors (Lipinski definition) is 0. The van der Waals surface area contributed by atoms with Crippen LogP contribution >= 0.6 is 39.1 Å². The van der Waals surface area contributed by atoms with Crippen molar-refractivity contribution in [3.05, 3.63) is 56.5 Å². The molecular weight excluding hydrogens is 349 g/mol. The maximum absolute atomic E-state index is 6.13. The van der Waals surface area contributed by atoms with Gasteiger partial charge in [-0.2, -0.15) is 0 Å². The van der Waals surface area contributed by atoms with E-state index in [1.54, 1.807) is 6.07 Å². The molecule has 0 spiro atoms. The van der Waals surface area contributed by atoms with E-state index in [0.717, 1.165) is 28.0 Å². The SMILES string of the molecule is Clc1cc(Cl)c2c(c1)CN(c1ccc(Br)cc1)CO2. The Balaban J connectivity index is 1.91. The van der Waals surface area contributed by atoms with Gasteiger partial charge in [0.05, 0.1) is 5.02 Å². The van der Waals surface area contributed by atoms with Crippen LogP contribution in [0.25, 0.3) is 0 Å². The molecule has 1 aliphatic rings. The maximum Gasteiger partial charge on any atom is 0.161 e. The fourth-order valence-electron chi connectivity index (χ4n) is 2.10. The molecule has 2 nitrogen and oxygen atoms in total. The van der Waals surface area contributed by atoms with Crippen molar-refractivity contribution >= 4 is 44.8 Å². The summed E-state index contributed by atoms with van der Waals surface area (Å²) in [5.41, 5.74) is 2.11. The fraction of sp³-hybridized carbons (Fsp3) is 0.143. The second-order valence-electron chi connectivity index (χ2n) is 4.32.